The minimum Gasteiger partial charge on any atom is -0.508 e. The van der Waals surface area contributed by atoms with Gasteiger partial charge in [0.25, 0.3) is 0 Å². The molecule has 0 fully saturated rings. The van der Waals surface area contributed by atoms with Gasteiger partial charge < -0.3 is 10.4 Å². The SMILES string of the molecule is CC(C)N(C)CC(=O)Nc1cnc(-c2cccc(O)c2)nc1. The van der Waals surface area contributed by atoms with Crippen molar-refractivity contribution in [2.75, 3.05) is 18.9 Å². The van der Waals surface area contributed by atoms with Crippen molar-refractivity contribution in [3.63, 3.8) is 0 Å². The molecule has 0 spiro atoms. The third-order valence-electron chi connectivity index (χ3n) is 3.31. The molecule has 0 aliphatic carbocycles. The molecule has 0 unspecified atom stereocenters. The Morgan fingerprint density at radius 1 is 1.32 bits per heavy atom. The molecule has 116 valence electrons. The average molecular weight is 300 g/mol. The first kappa shape index (κ1) is 15.9. The molecule has 6 nitrogen and oxygen atoms in total. The van der Waals surface area contributed by atoms with Crippen LogP contribution in [0.5, 0.6) is 5.75 Å². The van der Waals surface area contributed by atoms with E-state index in [0.29, 0.717) is 24.1 Å². The highest BCUT2D eigenvalue weighted by atomic mass is 16.3. The monoisotopic (exact) mass is 300 g/mol. The van der Waals surface area contributed by atoms with Crippen LogP contribution in [0.4, 0.5) is 5.69 Å². The zero-order chi connectivity index (χ0) is 16.1. The Hall–Kier alpha value is -2.47. The highest BCUT2D eigenvalue weighted by molar-refractivity contribution is 5.92. The number of hydrogen-bond donors (Lipinski definition) is 2. The fourth-order valence-electron chi connectivity index (χ4n) is 1.80. The lowest BCUT2D eigenvalue weighted by Gasteiger charge is -2.20. The van der Waals surface area contributed by atoms with Gasteiger partial charge in [-0.3, -0.25) is 9.69 Å². The summed E-state index contributed by atoms with van der Waals surface area (Å²) in [5.41, 5.74) is 1.27. The minimum absolute atomic E-state index is 0.107. The lowest BCUT2D eigenvalue weighted by Crippen LogP contribution is -2.34. The van der Waals surface area contributed by atoms with Crippen LogP contribution in [0.3, 0.4) is 0 Å². The molecule has 0 aliphatic heterocycles. The maximum atomic E-state index is 11.9. The molecule has 0 bridgehead atoms. The van der Waals surface area contributed by atoms with E-state index in [1.54, 1.807) is 30.6 Å². The lowest BCUT2D eigenvalue weighted by atomic mass is 10.2. The number of benzene rings is 1. The lowest BCUT2D eigenvalue weighted by molar-refractivity contribution is -0.117. The highest BCUT2D eigenvalue weighted by Gasteiger charge is 2.10. The number of hydrogen-bond acceptors (Lipinski definition) is 5. The van der Waals surface area contributed by atoms with Gasteiger partial charge in [-0.2, -0.15) is 0 Å². The summed E-state index contributed by atoms with van der Waals surface area (Å²) in [5.74, 6) is 0.549. The predicted octanol–water partition coefficient (Wildman–Crippen LogP) is 2.13. The van der Waals surface area contributed by atoms with Crippen LogP contribution >= 0.6 is 0 Å². The summed E-state index contributed by atoms with van der Waals surface area (Å²) in [4.78, 5) is 22.2. The number of anilines is 1. The van der Waals surface area contributed by atoms with Crippen molar-refractivity contribution in [1.82, 2.24) is 14.9 Å². The fourth-order valence-corrected chi connectivity index (χ4v) is 1.80. The Morgan fingerprint density at radius 2 is 2.00 bits per heavy atom. The topological polar surface area (TPSA) is 78.4 Å². The third-order valence-corrected chi connectivity index (χ3v) is 3.31. The number of carbonyl (C=O) groups is 1. The first-order chi connectivity index (χ1) is 10.5. The second kappa shape index (κ2) is 7.00. The summed E-state index contributed by atoms with van der Waals surface area (Å²) in [7, 11) is 1.89. The molecular weight excluding hydrogens is 280 g/mol. The molecule has 1 heterocycles. The Labute approximate surface area is 129 Å². The Balaban J connectivity index is 2.02. The van der Waals surface area contributed by atoms with E-state index in [0.717, 1.165) is 5.56 Å². The summed E-state index contributed by atoms with van der Waals surface area (Å²) >= 11 is 0. The number of rotatable bonds is 5. The number of carbonyl (C=O) groups excluding carboxylic acids is 1. The quantitative estimate of drug-likeness (QED) is 0.884. The van der Waals surface area contributed by atoms with Gasteiger partial charge in [-0.05, 0) is 33.0 Å². The molecule has 1 aromatic carbocycles. The average Bonchev–Trinajstić information content (AvgIpc) is 2.47. The molecule has 2 aromatic rings. The summed E-state index contributed by atoms with van der Waals surface area (Å²) < 4.78 is 0. The van der Waals surface area contributed by atoms with Gasteiger partial charge in [0, 0.05) is 11.6 Å². The van der Waals surface area contributed by atoms with E-state index in [9.17, 15) is 9.90 Å². The minimum atomic E-state index is -0.107. The number of nitrogens with zero attached hydrogens (tertiary/aromatic N) is 3. The van der Waals surface area contributed by atoms with E-state index < -0.39 is 0 Å². The Kier molecular flexibility index (Phi) is 5.06. The van der Waals surface area contributed by atoms with Crippen LogP contribution in [0.2, 0.25) is 0 Å². The first-order valence-corrected chi connectivity index (χ1v) is 7.07. The zero-order valence-electron chi connectivity index (χ0n) is 12.9. The summed E-state index contributed by atoms with van der Waals surface area (Å²) in [6.45, 7) is 4.37. The van der Waals surface area contributed by atoms with Crippen LogP contribution < -0.4 is 5.32 Å². The van der Waals surface area contributed by atoms with E-state index >= 15 is 0 Å². The summed E-state index contributed by atoms with van der Waals surface area (Å²) in [6.07, 6.45) is 3.11. The van der Waals surface area contributed by atoms with Crippen molar-refractivity contribution in [3.05, 3.63) is 36.7 Å². The van der Waals surface area contributed by atoms with Gasteiger partial charge in [0.1, 0.15) is 5.75 Å². The van der Waals surface area contributed by atoms with E-state index in [4.69, 9.17) is 0 Å². The number of nitrogens with one attached hydrogen (secondary N) is 1. The van der Waals surface area contributed by atoms with Gasteiger partial charge in [-0.1, -0.05) is 12.1 Å². The van der Waals surface area contributed by atoms with Crippen molar-refractivity contribution in [2.24, 2.45) is 0 Å². The van der Waals surface area contributed by atoms with E-state index in [-0.39, 0.29) is 11.7 Å². The maximum absolute atomic E-state index is 11.9. The predicted molar refractivity (Wildman–Crippen MR) is 85.5 cm³/mol. The van der Waals surface area contributed by atoms with Crippen molar-refractivity contribution in [2.45, 2.75) is 19.9 Å². The molecule has 0 saturated heterocycles. The van der Waals surface area contributed by atoms with Crippen molar-refractivity contribution < 1.29 is 9.90 Å². The van der Waals surface area contributed by atoms with Crippen LogP contribution in [0.25, 0.3) is 11.4 Å². The summed E-state index contributed by atoms with van der Waals surface area (Å²) in [6, 6.07) is 7.01. The molecule has 2 rings (SSSR count). The molecule has 6 heteroatoms. The van der Waals surface area contributed by atoms with E-state index in [1.807, 2.05) is 31.9 Å². The zero-order valence-corrected chi connectivity index (χ0v) is 12.9. The molecule has 1 amide bonds. The number of likely N-dealkylation sites (N-methyl/N-ethyl adjacent to an activating group) is 1. The van der Waals surface area contributed by atoms with Crippen LogP contribution in [0, 0.1) is 0 Å². The number of amides is 1. The molecular formula is C16H20N4O2. The van der Waals surface area contributed by atoms with Crippen molar-refractivity contribution in [1.29, 1.82) is 0 Å². The van der Waals surface area contributed by atoms with Crippen molar-refractivity contribution >= 4 is 11.6 Å². The molecule has 1 aromatic heterocycles. The second-order valence-corrected chi connectivity index (χ2v) is 5.40. The van der Waals surface area contributed by atoms with Gasteiger partial charge in [0.05, 0.1) is 24.6 Å². The van der Waals surface area contributed by atoms with Gasteiger partial charge in [-0.25, -0.2) is 9.97 Å². The molecule has 22 heavy (non-hydrogen) atoms. The molecule has 2 N–H and O–H groups in total. The number of aromatic nitrogens is 2. The highest BCUT2D eigenvalue weighted by Crippen LogP contribution is 2.20. The second-order valence-electron chi connectivity index (χ2n) is 5.40. The van der Waals surface area contributed by atoms with E-state index in [2.05, 4.69) is 15.3 Å². The number of phenolic OH excluding ortho intramolecular Hbond substituents is 1. The summed E-state index contributed by atoms with van der Waals surface area (Å²) in [5, 5.41) is 12.2. The Morgan fingerprint density at radius 3 is 2.59 bits per heavy atom. The van der Waals surface area contributed by atoms with Gasteiger partial charge in [-0.15, -0.1) is 0 Å². The largest absolute Gasteiger partial charge is 0.508 e. The van der Waals surface area contributed by atoms with Gasteiger partial charge in [0.15, 0.2) is 5.82 Å². The van der Waals surface area contributed by atoms with Crippen LogP contribution in [0.1, 0.15) is 13.8 Å². The third kappa shape index (κ3) is 4.26. The standard InChI is InChI=1S/C16H20N4O2/c1-11(2)20(3)10-15(22)19-13-8-17-16(18-9-13)12-5-4-6-14(21)7-12/h4-9,11,21H,10H2,1-3H3,(H,19,22). The normalized spacial score (nSPS) is 11.0. The Bertz CT molecular complexity index is 641. The molecule has 0 saturated carbocycles. The molecule has 0 aliphatic rings. The first-order valence-electron chi connectivity index (χ1n) is 7.07. The molecule has 0 radical (unpaired) electrons. The fraction of sp³-hybridized carbons (Fsp3) is 0.312. The maximum Gasteiger partial charge on any atom is 0.238 e. The van der Waals surface area contributed by atoms with E-state index in [1.165, 1.54) is 0 Å². The van der Waals surface area contributed by atoms with Gasteiger partial charge >= 0.3 is 0 Å². The van der Waals surface area contributed by atoms with Crippen LogP contribution in [0.15, 0.2) is 36.7 Å². The van der Waals surface area contributed by atoms with Crippen molar-refractivity contribution in [3.8, 4) is 17.1 Å². The molecule has 0 atom stereocenters. The van der Waals surface area contributed by atoms with Crippen LogP contribution in [-0.2, 0) is 4.79 Å². The van der Waals surface area contributed by atoms with Gasteiger partial charge in [0.2, 0.25) is 5.91 Å². The number of phenols is 1. The number of aromatic hydroxyl groups is 1. The van der Waals surface area contributed by atoms with Crippen LogP contribution in [-0.4, -0.2) is 45.5 Å². The smallest absolute Gasteiger partial charge is 0.238 e.